The molecule has 3 N–H and O–H groups in total. The molecule has 4 heteroatoms. The molecule has 0 heterocycles. The Hall–Kier alpha value is -1.39. The summed E-state index contributed by atoms with van der Waals surface area (Å²) in [6.07, 6.45) is 0.648. The molecule has 0 aliphatic carbocycles. The Bertz CT molecular complexity index is 365. The van der Waals surface area contributed by atoms with Crippen LogP contribution in [-0.2, 0) is 4.79 Å². The number of benzene rings is 1. The maximum atomic E-state index is 11.9. The smallest absolute Gasteiger partial charge is 0.237 e. The fourth-order valence-electron chi connectivity index (χ4n) is 1.75. The minimum Gasteiger partial charge on any atom is -0.347 e. The van der Waals surface area contributed by atoms with Gasteiger partial charge in [0.15, 0.2) is 0 Å². The lowest BCUT2D eigenvalue weighted by Gasteiger charge is -2.24. The Balaban J connectivity index is 2.77. The Morgan fingerprint density at radius 3 is 2.44 bits per heavy atom. The third-order valence-electron chi connectivity index (χ3n) is 2.84. The monoisotopic (exact) mass is 249 g/mol. The van der Waals surface area contributed by atoms with Crippen molar-refractivity contribution in [1.29, 1.82) is 0 Å². The van der Waals surface area contributed by atoms with Crippen molar-refractivity contribution in [2.75, 3.05) is 20.6 Å². The van der Waals surface area contributed by atoms with Gasteiger partial charge in [0.25, 0.3) is 0 Å². The summed E-state index contributed by atoms with van der Waals surface area (Å²) < 4.78 is 0. The number of carbonyl (C=O) groups excluding carboxylic acids is 1. The zero-order valence-corrected chi connectivity index (χ0v) is 11.4. The summed E-state index contributed by atoms with van der Waals surface area (Å²) in [4.78, 5) is 13.9. The predicted octanol–water partition coefficient (Wildman–Crippen LogP) is 1.14. The molecule has 0 fully saturated rings. The first-order chi connectivity index (χ1) is 8.54. The number of rotatable bonds is 6. The predicted molar refractivity (Wildman–Crippen MR) is 74.1 cm³/mol. The minimum absolute atomic E-state index is 0.0219. The van der Waals surface area contributed by atoms with E-state index in [1.165, 1.54) is 0 Å². The van der Waals surface area contributed by atoms with Crippen LogP contribution in [0.5, 0.6) is 0 Å². The molecule has 0 bridgehead atoms. The average molecular weight is 249 g/mol. The van der Waals surface area contributed by atoms with Crippen molar-refractivity contribution in [2.24, 2.45) is 5.73 Å². The number of hydrogen-bond donors (Lipinski definition) is 2. The molecule has 0 spiro atoms. The van der Waals surface area contributed by atoms with E-state index in [4.69, 9.17) is 5.73 Å². The average Bonchev–Trinajstić information content (AvgIpc) is 2.37. The molecule has 1 aromatic carbocycles. The van der Waals surface area contributed by atoms with Crippen LogP contribution in [0.4, 0.5) is 0 Å². The molecule has 0 aliphatic heterocycles. The van der Waals surface area contributed by atoms with Gasteiger partial charge in [-0.1, -0.05) is 37.3 Å². The number of amides is 1. The second-order valence-electron chi connectivity index (χ2n) is 4.75. The van der Waals surface area contributed by atoms with Gasteiger partial charge in [0.05, 0.1) is 12.1 Å². The van der Waals surface area contributed by atoms with Gasteiger partial charge in [-0.05, 0) is 26.1 Å². The van der Waals surface area contributed by atoms with Crippen LogP contribution in [0.15, 0.2) is 30.3 Å². The summed E-state index contributed by atoms with van der Waals surface area (Å²) >= 11 is 0. The standard InChI is InChI=1S/C14H23N3O/c1-4-12(15)14(18)16-13(10-17(2)3)11-8-6-5-7-9-11/h5-9,12-13H,4,10,15H2,1-3H3,(H,16,18)/t12-,13?/m1/s1. The first-order valence-electron chi connectivity index (χ1n) is 6.30. The highest BCUT2D eigenvalue weighted by Gasteiger charge is 2.18. The van der Waals surface area contributed by atoms with Gasteiger partial charge in [-0.2, -0.15) is 0 Å². The van der Waals surface area contributed by atoms with E-state index in [0.717, 1.165) is 12.1 Å². The highest BCUT2D eigenvalue weighted by Crippen LogP contribution is 2.13. The Kier molecular flexibility index (Phi) is 5.82. The summed E-state index contributed by atoms with van der Waals surface area (Å²) in [5.41, 5.74) is 6.85. The third kappa shape index (κ3) is 4.47. The molecule has 1 aromatic rings. The Morgan fingerprint density at radius 2 is 1.94 bits per heavy atom. The van der Waals surface area contributed by atoms with Gasteiger partial charge >= 0.3 is 0 Å². The molecule has 1 rings (SSSR count). The number of nitrogens with two attached hydrogens (primary N) is 1. The zero-order valence-electron chi connectivity index (χ0n) is 11.4. The van der Waals surface area contributed by atoms with E-state index < -0.39 is 6.04 Å². The maximum absolute atomic E-state index is 11.9. The lowest BCUT2D eigenvalue weighted by atomic mass is 10.1. The van der Waals surface area contributed by atoms with Crippen LogP contribution < -0.4 is 11.1 Å². The van der Waals surface area contributed by atoms with Crippen molar-refractivity contribution in [2.45, 2.75) is 25.4 Å². The molecule has 18 heavy (non-hydrogen) atoms. The van der Waals surface area contributed by atoms with E-state index in [0.29, 0.717) is 6.42 Å². The van der Waals surface area contributed by atoms with E-state index in [9.17, 15) is 4.79 Å². The van der Waals surface area contributed by atoms with Crippen molar-refractivity contribution in [3.05, 3.63) is 35.9 Å². The van der Waals surface area contributed by atoms with Crippen molar-refractivity contribution in [3.8, 4) is 0 Å². The van der Waals surface area contributed by atoms with E-state index in [2.05, 4.69) is 10.2 Å². The quantitative estimate of drug-likeness (QED) is 0.795. The number of likely N-dealkylation sites (N-methyl/N-ethyl adjacent to an activating group) is 1. The summed E-state index contributed by atoms with van der Waals surface area (Å²) in [5.74, 6) is -0.0896. The summed E-state index contributed by atoms with van der Waals surface area (Å²) in [6.45, 7) is 2.67. The van der Waals surface area contributed by atoms with E-state index in [-0.39, 0.29) is 11.9 Å². The van der Waals surface area contributed by atoms with E-state index >= 15 is 0 Å². The molecule has 1 unspecified atom stereocenters. The number of carbonyl (C=O) groups is 1. The minimum atomic E-state index is -0.432. The molecule has 0 aromatic heterocycles. The number of hydrogen-bond acceptors (Lipinski definition) is 3. The van der Waals surface area contributed by atoms with Crippen molar-refractivity contribution in [1.82, 2.24) is 10.2 Å². The van der Waals surface area contributed by atoms with Crippen LogP contribution in [0.25, 0.3) is 0 Å². The van der Waals surface area contributed by atoms with E-state index in [1.54, 1.807) is 0 Å². The zero-order chi connectivity index (χ0) is 13.5. The van der Waals surface area contributed by atoms with Crippen LogP contribution in [0.1, 0.15) is 24.9 Å². The van der Waals surface area contributed by atoms with E-state index in [1.807, 2.05) is 51.4 Å². The van der Waals surface area contributed by atoms with Gasteiger partial charge in [0, 0.05) is 6.54 Å². The maximum Gasteiger partial charge on any atom is 0.237 e. The van der Waals surface area contributed by atoms with Gasteiger partial charge in [-0.3, -0.25) is 4.79 Å². The fraction of sp³-hybridized carbons (Fsp3) is 0.500. The molecule has 0 saturated carbocycles. The normalized spacial score (nSPS) is 14.3. The molecule has 0 aliphatic rings. The molecule has 4 nitrogen and oxygen atoms in total. The van der Waals surface area contributed by atoms with Crippen LogP contribution in [0, 0.1) is 0 Å². The van der Waals surface area contributed by atoms with Crippen LogP contribution in [0.2, 0.25) is 0 Å². The third-order valence-corrected chi connectivity index (χ3v) is 2.84. The first-order valence-corrected chi connectivity index (χ1v) is 6.30. The van der Waals surface area contributed by atoms with Gasteiger partial charge < -0.3 is 16.0 Å². The van der Waals surface area contributed by atoms with Crippen molar-refractivity contribution in [3.63, 3.8) is 0 Å². The number of nitrogens with one attached hydrogen (secondary N) is 1. The van der Waals surface area contributed by atoms with Gasteiger partial charge in [-0.25, -0.2) is 0 Å². The van der Waals surface area contributed by atoms with Crippen LogP contribution in [0.3, 0.4) is 0 Å². The second kappa shape index (κ2) is 7.13. The summed E-state index contributed by atoms with van der Waals surface area (Å²) in [7, 11) is 3.98. The highest BCUT2D eigenvalue weighted by atomic mass is 16.2. The molecular weight excluding hydrogens is 226 g/mol. The SMILES string of the molecule is CC[C@@H](N)C(=O)NC(CN(C)C)c1ccccc1. The lowest BCUT2D eigenvalue weighted by molar-refractivity contribution is -0.123. The van der Waals surface area contributed by atoms with Crippen molar-refractivity contribution < 1.29 is 4.79 Å². The molecule has 100 valence electrons. The lowest BCUT2D eigenvalue weighted by Crippen LogP contribution is -2.44. The topological polar surface area (TPSA) is 58.4 Å². The van der Waals surface area contributed by atoms with Crippen LogP contribution in [-0.4, -0.2) is 37.5 Å². The molecule has 0 saturated heterocycles. The molecular formula is C14H23N3O. The molecule has 1 amide bonds. The second-order valence-corrected chi connectivity index (χ2v) is 4.75. The Labute approximate surface area is 109 Å². The summed E-state index contributed by atoms with van der Waals surface area (Å²) in [6, 6.07) is 9.51. The number of nitrogens with zero attached hydrogens (tertiary/aromatic N) is 1. The van der Waals surface area contributed by atoms with Gasteiger partial charge in [0.1, 0.15) is 0 Å². The molecule has 2 atom stereocenters. The first kappa shape index (κ1) is 14.7. The Morgan fingerprint density at radius 1 is 1.33 bits per heavy atom. The van der Waals surface area contributed by atoms with Gasteiger partial charge in [-0.15, -0.1) is 0 Å². The molecule has 0 radical (unpaired) electrons. The fourth-order valence-corrected chi connectivity index (χ4v) is 1.75. The van der Waals surface area contributed by atoms with Gasteiger partial charge in [0.2, 0.25) is 5.91 Å². The largest absolute Gasteiger partial charge is 0.347 e. The summed E-state index contributed by atoms with van der Waals surface area (Å²) in [5, 5.41) is 3.01. The highest BCUT2D eigenvalue weighted by molar-refractivity contribution is 5.81. The van der Waals surface area contributed by atoms with Crippen LogP contribution >= 0.6 is 0 Å². The van der Waals surface area contributed by atoms with Crippen molar-refractivity contribution >= 4 is 5.91 Å².